The van der Waals surface area contributed by atoms with Gasteiger partial charge in [0.2, 0.25) is 0 Å². The molecule has 2 N–H and O–H groups in total. The van der Waals surface area contributed by atoms with Gasteiger partial charge in [-0.05, 0) is 48.7 Å². The molecule has 0 bridgehead atoms. The Kier molecular flexibility index (Phi) is 5.69. The van der Waals surface area contributed by atoms with Crippen molar-refractivity contribution >= 4 is 15.9 Å². The molecule has 2 rings (SSSR count). The zero-order chi connectivity index (χ0) is 15.5. The van der Waals surface area contributed by atoms with Gasteiger partial charge in [0.1, 0.15) is 11.9 Å². The van der Waals surface area contributed by atoms with E-state index in [1.807, 2.05) is 6.07 Å². The topological polar surface area (TPSA) is 38.5 Å². The number of fused-ring (bicyclic) bond motifs is 1. The Morgan fingerprint density at radius 1 is 1.43 bits per heavy atom. The highest BCUT2D eigenvalue weighted by molar-refractivity contribution is 9.10. The summed E-state index contributed by atoms with van der Waals surface area (Å²) in [6.07, 6.45) is 2.42. The van der Waals surface area contributed by atoms with Crippen LogP contribution in [0.4, 0.5) is 0 Å². The molecule has 1 aliphatic rings. The van der Waals surface area contributed by atoms with Crippen molar-refractivity contribution in [2.75, 3.05) is 26.2 Å². The highest BCUT2D eigenvalue weighted by atomic mass is 79.9. The SMILES string of the molecule is CCCN(CC1Cc2cc(Br)ccc2O1)CC(C)(C)CN. The first-order chi connectivity index (χ1) is 9.93. The van der Waals surface area contributed by atoms with Crippen molar-refractivity contribution < 1.29 is 4.74 Å². The van der Waals surface area contributed by atoms with Gasteiger partial charge in [-0.3, -0.25) is 4.90 Å². The smallest absolute Gasteiger partial charge is 0.123 e. The fraction of sp³-hybridized carbons (Fsp3) is 0.647. The number of benzene rings is 1. The van der Waals surface area contributed by atoms with Gasteiger partial charge in [-0.1, -0.05) is 36.7 Å². The van der Waals surface area contributed by atoms with Crippen LogP contribution < -0.4 is 10.5 Å². The van der Waals surface area contributed by atoms with Gasteiger partial charge in [0.15, 0.2) is 0 Å². The van der Waals surface area contributed by atoms with Gasteiger partial charge in [0, 0.05) is 24.0 Å². The summed E-state index contributed by atoms with van der Waals surface area (Å²) < 4.78 is 7.22. The largest absolute Gasteiger partial charge is 0.488 e. The molecule has 1 unspecified atom stereocenters. The molecule has 0 saturated heterocycles. The molecule has 0 aliphatic carbocycles. The van der Waals surface area contributed by atoms with Crippen LogP contribution in [0.25, 0.3) is 0 Å². The van der Waals surface area contributed by atoms with Gasteiger partial charge in [0.25, 0.3) is 0 Å². The van der Waals surface area contributed by atoms with Crippen molar-refractivity contribution in [1.29, 1.82) is 0 Å². The lowest BCUT2D eigenvalue weighted by molar-refractivity contribution is 0.117. The second-order valence-corrected chi connectivity index (χ2v) is 7.72. The molecule has 0 spiro atoms. The third-order valence-electron chi connectivity index (χ3n) is 3.97. The zero-order valence-corrected chi connectivity index (χ0v) is 14.9. The first kappa shape index (κ1) is 16.8. The van der Waals surface area contributed by atoms with Crippen molar-refractivity contribution in [3.8, 4) is 5.75 Å². The fourth-order valence-corrected chi connectivity index (χ4v) is 3.31. The molecule has 21 heavy (non-hydrogen) atoms. The monoisotopic (exact) mass is 354 g/mol. The van der Waals surface area contributed by atoms with Crippen molar-refractivity contribution in [3.63, 3.8) is 0 Å². The molecule has 1 aliphatic heterocycles. The Balaban J connectivity index is 1.96. The lowest BCUT2D eigenvalue weighted by Crippen LogP contribution is -2.43. The van der Waals surface area contributed by atoms with Gasteiger partial charge in [-0.2, -0.15) is 0 Å². The Bertz CT molecular complexity index is 476. The predicted molar refractivity (Wildman–Crippen MR) is 91.8 cm³/mol. The molecule has 1 atom stereocenters. The maximum Gasteiger partial charge on any atom is 0.123 e. The van der Waals surface area contributed by atoms with E-state index in [2.05, 4.69) is 53.7 Å². The number of halogens is 1. The van der Waals surface area contributed by atoms with E-state index in [0.717, 1.165) is 42.7 Å². The number of nitrogens with two attached hydrogens (primary N) is 1. The number of ether oxygens (including phenoxy) is 1. The highest BCUT2D eigenvalue weighted by Crippen LogP contribution is 2.31. The average Bonchev–Trinajstić information content (AvgIpc) is 2.79. The third-order valence-corrected chi connectivity index (χ3v) is 4.46. The quantitative estimate of drug-likeness (QED) is 0.814. The fourth-order valence-electron chi connectivity index (χ4n) is 2.90. The number of hydrogen-bond acceptors (Lipinski definition) is 3. The Hall–Kier alpha value is -0.580. The van der Waals surface area contributed by atoms with E-state index >= 15 is 0 Å². The highest BCUT2D eigenvalue weighted by Gasteiger charge is 2.27. The van der Waals surface area contributed by atoms with Crippen molar-refractivity contribution in [2.45, 2.75) is 39.7 Å². The lowest BCUT2D eigenvalue weighted by atomic mass is 9.93. The second-order valence-electron chi connectivity index (χ2n) is 6.80. The van der Waals surface area contributed by atoms with E-state index in [0.29, 0.717) is 6.54 Å². The average molecular weight is 355 g/mol. The van der Waals surface area contributed by atoms with Crippen LogP contribution in [-0.2, 0) is 6.42 Å². The first-order valence-corrected chi connectivity index (χ1v) is 8.60. The van der Waals surface area contributed by atoms with Crippen molar-refractivity contribution in [2.24, 2.45) is 11.1 Å². The van der Waals surface area contributed by atoms with E-state index in [1.54, 1.807) is 0 Å². The van der Waals surface area contributed by atoms with E-state index in [9.17, 15) is 0 Å². The maximum atomic E-state index is 6.09. The molecular formula is C17H27BrN2O. The van der Waals surface area contributed by atoms with Crippen LogP contribution in [0.2, 0.25) is 0 Å². The normalized spacial score (nSPS) is 17.9. The summed E-state index contributed by atoms with van der Waals surface area (Å²) in [5.41, 5.74) is 7.35. The van der Waals surface area contributed by atoms with E-state index in [1.165, 1.54) is 5.56 Å². The van der Waals surface area contributed by atoms with Gasteiger partial charge in [0.05, 0.1) is 0 Å². The van der Waals surface area contributed by atoms with Gasteiger partial charge in [-0.15, -0.1) is 0 Å². The lowest BCUT2D eigenvalue weighted by Gasteiger charge is -2.33. The summed E-state index contributed by atoms with van der Waals surface area (Å²) in [5, 5.41) is 0. The molecule has 0 aromatic heterocycles. The first-order valence-electron chi connectivity index (χ1n) is 7.81. The minimum atomic E-state index is 0.156. The van der Waals surface area contributed by atoms with Crippen LogP contribution in [0.1, 0.15) is 32.8 Å². The minimum absolute atomic E-state index is 0.156. The number of nitrogens with zero attached hydrogens (tertiary/aromatic N) is 1. The summed E-state index contributed by atoms with van der Waals surface area (Å²) >= 11 is 3.53. The van der Waals surface area contributed by atoms with Crippen molar-refractivity contribution in [1.82, 2.24) is 4.90 Å². The molecule has 1 aromatic rings. The van der Waals surface area contributed by atoms with Gasteiger partial charge >= 0.3 is 0 Å². The summed E-state index contributed by atoms with van der Waals surface area (Å²) in [6, 6.07) is 6.28. The number of hydrogen-bond donors (Lipinski definition) is 1. The zero-order valence-electron chi connectivity index (χ0n) is 13.4. The predicted octanol–water partition coefficient (Wildman–Crippen LogP) is 3.45. The summed E-state index contributed by atoms with van der Waals surface area (Å²) in [5.74, 6) is 1.04. The van der Waals surface area contributed by atoms with E-state index in [-0.39, 0.29) is 11.5 Å². The Labute approximate surface area is 137 Å². The molecule has 0 radical (unpaired) electrons. The van der Waals surface area contributed by atoms with E-state index in [4.69, 9.17) is 10.5 Å². The van der Waals surface area contributed by atoms with Crippen molar-refractivity contribution in [3.05, 3.63) is 28.2 Å². The minimum Gasteiger partial charge on any atom is -0.488 e. The third kappa shape index (κ3) is 4.70. The Morgan fingerprint density at radius 3 is 2.86 bits per heavy atom. The second kappa shape index (κ2) is 7.12. The molecule has 0 saturated carbocycles. The van der Waals surface area contributed by atoms with Crippen LogP contribution in [-0.4, -0.2) is 37.2 Å². The van der Waals surface area contributed by atoms with Gasteiger partial charge < -0.3 is 10.5 Å². The van der Waals surface area contributed by atoms with Crippen LogP contribution in [0.15, 0.2) is 22.7 Å². The standard InChI is InChI=1S/C17H27BrN2O/c1-4-7-20(12-17(2,3)11-19)10-15-9-13-8-14(18)5-6-16(13)21-15/h5-6,8,15H,4,7,9-12,19H2,1-3H3. The summed E-state index contributed by atoms with van der Waals surface area (Å²) in [7, 11) is 0. The molecule has 1 heterocycles. The van der Waals surface area contributed by atoms with Crippen LogP contribution in [0.3, 0.4) is 0 Å². The van der Waals surface area contributed by atoms with E-state index < -0.39 is 0 Å². The molecule has 0 fully saturated rings. The maximum absolute atomic E-state index is 6.09. The van der Waals surface area contributed by atoms with Crippen LogP contribution in [0.5, 0.6) is 5.75 Å². The molecule has 118 valence electrons. The summed E-state index contributed by atoms with van der Waals surface area (Å²) in [4.78, 5) is 2.50. The molecule has 1 aromatic carbocycles. The molecule has 3 nitrogen and oxygen atoms in total. The molecular weight excluding hydrogens is 328 g/mol. The van der Waals surface area contributed by atoms with Gasteiger partial charge in [-0.25, -0.2) is 0 Å². The molecule has 4 heteroatoms. The Morgan fingerprint density at radius 2 is 2.19 bits per heavy atom. The van der Waals surface area contributed by atoms with Crippen LogP contribution in [0, 0.1) is 5.41 Å². The summed E-state index contributed by atoms with van der Waals surface area (Å²) in [6.45, 7) is 10.5. The van der Waals surface area contributed by atoms with Crippen LogP contribution >= 0.6 is 15.9 Å². The molecule has 0 amide bonds. The number of rotatable bonds is 7.